The Labute approximate surface area is 163 Å². The van der Waals surface area contributed by atoms with Gasteiger partial charge in [0.05, 0.1) is 12.1 Å². The second-order valence-corrected chi connectivity index (χ2v) is 7.11. The summed E-state index contributed by atoms with van der Waals surface area (Å²) >= 11 is 7.40. The van der Waals surface area contributed by atoms with E-state index < -0.39 is 5.97 Å². The summed E-state index contributed by atoms with van der Waals surface area (Å²) in [7, 11) is 0. The molecule has 0 saturated heterocycles. The lowest BCUT2D eigenvalue weighted by Crippen LogP contribution is -1.97. The SMILES string of the molecule is O=C(O)C/C(=C\c1csc(-c2ccc(Cl)cc2)n1)c1nc2ccccc2o1. The number of para-hydroxylation sites is 2. The predicted molar refractivity (Wildman–Crippen MR) is 107 cm³/mol. The summed E-state index contributed by atoms with van der Waals surface area (Å²) in [5.41, 5.74) is 3.37. The molecule has 27 heavy (non-hydrogen) atoms. The van der Waals surface area contributed by atoms with Gasteiger partial charge in [-0.2, -0.15) is 0 Å². The fraction of sp³-hybridized carbons (Fsp3) is 0.0500. The van der Waals surface area contributed by atoms with Crippen molar-refractivity contribution < 1.29 is 14.3 Å². The maximum Gasteiger partial charge on any atom is 0.308 e. The number of thiazole rings is 1. The van der Waals surface area contributed by atoms with E-state index in [1.54, 1.807) is 12.1 Å². The standard InChI is InChI=1S/C20H13ClN2O3S/c21-14-7-5-12(6-8-14)20-22-15(11-27-20)9-13(10-18(24)25)19-23-16-3-1-2-4-17(16)26-19/h1-9,11H,10H2,(H,24,25)/b13-9+. The molecular formula is C20H13ClN2O3S. The van der Waals surface area contributed by atoms with Crippen LogP contribution in [0.1, 0.15) is 18.0 Å². The van der Waals surface area contributed by atoms with Crippen molar-refractivity contribution >= 4 is 51.7 Å². The Balaban J connectivity index is 1.71. The summed E-state index contributed by atoms with van der Waals surface area (Å²) < 4.78 is 5.73. The summed E-state index contributed by atoms with van der Waals surface area (Å²) in [5.74, 6) is -0.670. The highest BCUT2D eigenvalue weighted by molar-refractivity contribution is 7.13. The molecular weight excluding hydrogens is 384 g/mol. The number of oxazole rings is 1. The number of fused-ring (bicyclic) bond motifs is 1. The van der Waals surface area contributed by atoms with Crippen LogP contribution in [0.25, 0.3) is 33.3 Å². The zero-order chi connectivity index (χ0) is 18.8. The second kappa shape index (κ2) is 7.34. The Morgan fingerprint density at radius 3 is 2.67 bits per heavy atom. The van der Waals surface area contributed by atoms with Crippen LogP contribution in [-0.4, -0.2) is 21.0 Å². The van der Waals surface area contributed by atoms with E-state index >= 15 is 0 Å². The molecule has 0 radical (unpaired) electrons. The Kier molecular flexibility index (Phi) is 4.75. The van der Waals surface area contributed by atoms with E-state index in [0.717, 1.165) is 10.6 Å². The molecule has 0 aliphatic rings. The molecule has 2 aromatic heterocycles. The summed E-state index contributed by atoms with van der Waals surface area (Å²) in [4.78, 5) is 20.3. The van der Waals surface area contributed by atoms with E-state index in [1.165, 1.54) is 11.3 Å². The van der Waals surface area contributed by atoms with Crippen LogP contribution in [0.5, 0.6) is 0 Å². The molecule has 0 bridgehead atoms. The van der Waals surface area contributed by atoms with Crippen LogP contribution in [0, 0.1) is 0 Å². The summed E-state index contributed by atoms with van der Waals surface area (Å²) in [6.07, 6.45) is 1.50. The number of nitrogens with zero attached hydrogens (tertiary/aromatic N) is 2. The molecule has 4 aromatic rings. The van der Waals surface area contributed by atoms with E-state index in [0.29, 0.717) is 33.3 Å². The van der Waals surface area contributed by atoms with Gasteiger partial charge in [0.2, 0.25) is 5.89 Å². The van der Waals surface area contributed by atoms with Gasteiger partial charge in [0, 0.05) is 21.5 Å². The van der Waals surface area contributed by atoms with Gasteiger partial charge in [0.25, 0.3) is 0 Å². The van der Waals surface area contributed by atoms with Crippen molar-refractivity contribution in [3.63, 3.8) is 0 Å². The van der Waals surface area contributed by atoms with Gasteiger partial charge >= 0.3 is 5.97 Å². The highest BCUT2D eigenvalue weighted by Crippen LogP contribution is 2.29. The first-order valence-electron chi connectivity index (χ1n) is 8.08. The van der Waals surface area contributed by atoms with Crippen LogP contribution >= 0.6 is 22.9 Å². The van der Waals surface area contributed by atoms with E-state index in [-0.39, 0.29) is 6.42 Å². The molecule has 0 atom stereocenters. The molecule has 7 heteroatoms. The van der Waals surface area contributed by atoms with Gasteiger partial charge < -0.3 is 9.52 Å². The molecule has 5 nitrogen and oxygen atoms in total. The van der Waals surface area contributed by atoms with Crippen LogP contribution in [-0.2, 0) is 4.79 Å². The fourth-order valence-corrected chi connectivity index (χ4v) is 3.53. The fourth-order valence-electron chi connectivity index (χ4n) is 2.62. The number of carboxylic acids is 1. The lowest BCUT2D eigenvalue weighted by Gasteiger charge is -1.99. The minimum absolute atomic E-state index is 0.208. The maximum atomic E-state index is 11.3. The van der Waals surface area contributed by atoms with Crippen LogP contribution < -0.4 is 0 Å². The average Bonchev–Trinajstić information content (AvgIpc) is 3.28. The number of aromatic nitrogens is 2. The minimum Gasteiger partial charge on any atom is -0.481 e. The van der Waals surface area contributed by atoms with Crippen molar-refractivity contribution in [3.8, 4) is 10.6 Å². The van der Waals surface area contributed by atoms with Crippen LogP contribution in [0.15, 0.2) is 58.3 Å². The van der Waals surface area contributed by atoms with Crippen LogP contribution in [0.2, 0.25) is 5.02 Å². The Morgan fingerprint density at radius 2 is 1.93 bits per heavy atom. The van der Waals surface area contributed by atoms with Crippen molar-refractivity contribution in [2.45, 2.75) is 6.42 Å². The highest BCUT2D eigenvalue weighted by Gasteiger charge is 2.15. The van der Waals surface area contributed by atoms with Crippen molar-refractivity contribution in [2.24, 2.45) is 0 Å². The number of aliphatic carboxylic acids is 1. The van der Waals surface area contributed by atoms with E-state index in [9.17, 15) is 9.90 Å². The molecule has 1 N–H and O–H groups in total. The average molecular weight is 397 g/mol. The summed E-state index contributed by atoms with van der Waals surface area (Å²) in [6.45, 7) is 0. The van der Waals surface area contributed by atoms with E-state index in [2.05, 4.69) is 9.97 Å². The Morgan fingerprint density at radius 1 is 1.15 bits per heavy atom. The number of carbonyl (C=O) groups is 1. The molecule has 4 rings (SSSR count). The predicted octanol–water partition coefficient (Wildman–Crippen LogP) is 5.62. The number of rotatable bonds is 5. The number of halogens is 1. The molecule has 0 saturated carbocycles. The first-order chi connectivity index (χ1) is 13.1. The third-order valence-electron chi connectivity index (χ3n) is 3.85. The van der Waals surface area contributed by atoms with Gasteiger partial charge in [0.15, 0.2) is 5.58 Å². The number of hydrogen-bond acceptors (Lipinski definition) is 5. The molecule has 0 unspecified atom stereocenters. The molecule has 0 spiro atoms. The molecule has 0 fully saturated rings. The summed E-state index contributed by atoms with van der Waals surface area (Å²) in [6, 6.07) is 14.7. The molecule has 0 aliphatic carbocycles. The second-order valence-electron chi connectivity index (χ2n) is 5.81. The zero-order valence-electron chi connectivity index (χ0n) is 13.9. The highest BCUT2D eigenvalue weighted by atomic mass is 35.5. The first kappa shape index (κ1) is 17.5. The molecule has 0 amide bonds. The quantitative estimate of drug-likeness (QED) is 0.473. The normalized spacial score (nSPS) is 11.8. The Bertz CT molecular complexity index is 1110. The molecule has 134 valence electrons. The van der Waals surface area contributed by atoms with E-state index in [4.69, 9.17) is 16.0 Å². The lowest BCUT2D eigenvalue weighted by molar-refractivity contribution is -0.135. The minimum atomic E-state index is -0.961. The van der Waals surface area contributed by atoms with Gasteiger partial charge in [-0.15, -0.1) is 11.3 Å². The van der Waals surface area contributed by atoms with Crippen molar-refractivity contribution in [2.75, 3.05) is 0 Å². The van der Waals surface area contributed by atoms with Gasteiger partial charge in [-0.05, 0) is 30.3 Å². The van der Waals surface area contributed by atoms with Crippen molar-refractivity contribution in [1.82, 2.24) is 9.97 Å². The number of benzene rings is 2. The zero-order valence-corrected chi connectivity index (χ0v) is 15.5. The Hall–Kier alpha value is -2.96. The van der Waals surface area contributed by atoms with Gasteiger partial charge in [-0.3, -0.25) is 4.79 Å². The molecule has 2 heterocycles. The summed E-state index contributed by atoms with van der Waals surface area (Å²) in [5, 5.41) is 12.6. The third-order valence-corrected chi connectivity index (χ3v) is 5.01. The van der Waals surface area contributed by atoms with Gasteiger partial charge in [-0.1, -0.05) is 35.9 Å². The van der Waals surface area contributed by atoms with Crippen molar-refractivity contribution in [1.29, 1.82) is 0 Å². The molecule has 0 aliphatic heterocycles. The topological polar surface area (TPSA) is 76.2 Å². The number of carboxylic acid groups (broad SMARTS) is 1. The van der Waals surface area contributed by atoms with Crippen LogP contribution in [0.4, 0.5) is 0 Å². The van der Waals surface area contributed by atoms with Gasteiger partial charge in [-0.25, -0.2) is 9.97 Å². The lowest BCUT2D eigenvalue weighted by atomic mass is 10.1. The van der Waals surface area contributed by atoms with Crippen LogP contribution in [0.3, 0.4) is 0 Å². The van der Waals surface area contributed by atoms with Crippen molar-refractivity contribution in [3.05, 3.63) is 70.5 Å². The third kappa shape index (κ3) is 3.92. The maximum absolute atomic E-state index is 11.3. The largest absolute Gasteiger partial charge is 0.481 e. The monoisotopic (exact) mass is 396 g/mol. The van der Waals surface area contributed by atoms with Gasteiger partial charge in [0.1, 0.15) is 10.5 Å². The smallest absolute Gasteiger partial charge is 0.308 e. The first-order valence-corrected chi connectivity index (χ1v) is 9.34. The van der Waals surface area contributed by atoms with E-state index in [1.807, 2.05) is 47.8 Å². The number of hydrogen-bond donors (Lipinski definition) is 1. The molecule has 2 aromatic carbocycles.